The van der Waals surface area contributed by atoms with Crippen LogP contribution in [0.3, 0.4) is 0 Å². The number of nitrogens with two attached hydrogens (primary N) is 1. The molecular weight excluding hydrogens is 284 g/mol. The lowest BCUT2D eigenvalue weighted by Crippen LogP contribution is -2.13. The number of rotatable bonds is 5. The van der Waals surface area contributed by atoms with Crippen LogP contribution in [0.15, 0.2) is 40.2 Å². The molecule has 0 aliphatic rings. The Kier molecular flexibility index (Phi) is 4.08. The molecule has 0 fully saturated rings. The van der Waals surface area contributed by atoms with Crippen LogP contribution in [-0.2, 0) is 12.8 Å². The van der Waals surface area contributed by atoms with Gasteiger partial charge in [0.15, 0.2) is 5.82 Å². The zero-order valence-corrected chi connectivity index (χ0v) is 12.5. The quantitative estimate of drug-likeness (QED) is 0.783. The van der Waals surface area contributed by atoms with E-state index in [0.29, 0.717) is 24.6 Å². The van der Waals surface area contributed by atoms with E-state index in [2.05, 4.69) is 15.1 Å². The molecule has 1 aromatic carbocycles. The molecule has 0 amide bonds. The number of nitrogens with zero attached hydrogens (tertiary/aromatic N) is 3. The molecule has 0 aliphatic carbocycles. The van der Waals surface area contributed by atoms with Crippen molar-refractivity contribution in [1.82, 2.24) is 15.1 Å². The molecule has 2 heterocycles. The van der Waals surface area contributed by atoms with Crippen LogP contribution in [0, 0.1) is 6.92 Å². The smallest absolute Gasteiger partial charge is 0.228 e. The first-order valence-electron chi connectivity index (χ1n) is 6.73. The second-order valence-electron chi connectivity index (χ2n) is 4.86. The normalized spacial score (nSPS) is 12.5. The summed E-state index contributed by atoms with van der Waals surface area (Å²) in [6.45, 7) is 1.98. The highest BCUT2D eigenvalue weighted by atomic mass is 32.1. The SMILES string of the molecule is Cc1nc(Cc2noc(CC(N)c3ccccc3)n2)cs1. The molecule has 0 radical (unpaired) electrons. The predicted molar refractivity (Wildman–Crippen MR) is 81.0 cm³/mol. The Morgan fingerprint density at radius 1 is 1.24 bits per heavy atom. The molecule has 0 bridgehead atoms. The summed E-state index contributed by atoms with van der Waals surface area (Å²) in [7, 11) is 0. The minimum Gasteiger partial charge on any atom is -0.339 e. The van der Waals surface area contributed by atoms with Gasteiger partial charge in [-0.3, -0.25) is 0 Å². The van der Waals surface area contributed by atoms with Crippen molar-refractivity contribution < 1.29 is 4.52 Å². The van der Waals surface area contributed by atoms with E-state index in [9.17, 15) is 0 Å². The third-order valence-corrected chi connectivity index (χ3v) is 3.96. The Bertz CT molecular complexity index is 707. The molecule has 5 nitrogen and oxygen atoms in total. The molecule has 3 rings (SSSR count). The largest absolute Gasteiger partial charge is 0.339 e. The standard InChI is InChI=1S/C15H16N4OS/c1-10-17-12(9-21-10)7-14-18-15(20-19-14)8-13(16)11-5-3-2-4-6-11/h2-6,9,13H,7-8,16H2,1H3. The molecule has 2 aromatic heterocycles. The van der Waals surface area contributed by atoms with E-state index in [1.807, 2.05) is 42.6 Å². The Morgan fingerprint density at radius 3 is 2.76 bits per heavy atom. The second kappa shape index (κ2) is 6.15. The number of aromatic nitrogens is 3. The zero-order valence-electron chi connectivity index (χ0n) is 11.7. The first-order chi connectivity index (χ1) is 10.2. The number of hydrogen-bond donors (Lipinski definition) is 1. The third-order valence-electron chi connectivity index (χ3n) is 3.14. The monoisotopic (exact) mass is 300 g/mol. The molecule has 0 saturated heterocycles. The van der Waals surface area contributed by atoms with Crippen molar-refractivity contribution in [1.29, 1.82) is 0 Å². The van der Waals surface area contributed by atoms with Crippen LogP contribution in [0.2, 0.25) is 0 Å². The molecule has 0 saturated carbocycles. The van der Waals surface area contributed by atoms with Gasteiger partial charge in [-0.15, -0.1) is 11.3 Å². The van der Waals surface area contributed by atoms with Crippen molar-refractivity contribution in [3.63, 3.8) is 0 Å². The molecule has 3 aromatic rings. The van der Waals surface area contributed by atoms with Crippen molar-refractivity contribution in [2.75, 3.05) is 0 Å². The van der Waals surface area contributed by atoms with Crippen LogP contribution >= 0.6 is 11.3 Å². The van der Waals surface area contributed by atoms with Crippen LogP contribution in [0.25, 0.3) is 0 Å². The maximum absolute atomic E-state index is 6.15. The molecule has 1 unspecified atom stereocenters. The lowest BCUT2D eigenvalue weighted by Gasteiger charge is -2.08. The summed E-state index contributed by atoms with van der Waals surface area (Å²) in [6.07, 6.45) is 1.13. The molecule has 21 heavy (non-hydrogen) atoms. The van der Waals surface area contributed by atoms with Gasteiger partial charge in [-0.1, -0.05) is 35.5 Å². The maximum atomic E-state index is 6.15. The van der Waals surface area contributed by atoms with Crippen molar-refractivity contribution in [2.24, 2.45) is 5.73 Å². The lowest BCUT2D eigenvalue weighted by molar-refractivity contribution is 0.365. The molecule has 6 heteroatoms. The summed E-state index contributed by atoms with van der Waals surface area (Å²) < 4.78 is 5.27. The van der Waals surface area contributed by atoms with E-state index >= 15 is 0 Å². The van der Waals surface area contributed by atoms with Gasteiger partial charge in [0.25, 0.3) is 0 Å². The molecule has 1 atom stereocenters. The summed E-state index contributed by atoms with van der Waals surface area (Å²) in [4.78, 5) is 8.78. The summed E-state index contributed by atoms with van der Waals surface area (Å²) in [6, 6.07) is 9.77. The van der Waals surface area contributed by atoms with Crippen LogP contribution in [0.5, 0.6) is 0 Å². The fourth-order valence-corrected chi connectivity index (χ4v) is 2.72. The van der Waals surface area contributed by atoms with E-state index in [0.717, 1.165) is 16.3 Å². The van der Waals surface area contributed by atoms with Gasteiger partial charge in [-0.25, -0.2) is 4.98 Å². The van der Waals surface area contributed by atoms with E-state index in [1.54, 1.807) is 11.3 Å². The summed E-state index contributed by atoms with van der Waals surface area (Å²) in [5.74, 6) is 1.21. The van der Waals surface area contributed by atoms with Gasteiger partial charge in [-0.2, -0.15) is 4.98 Å². The Hall–Kier alpha value is -2.05. The first-order valence-corrected chi connectivity index (χ1v) is 7.61. The van der Waals surface area contributed by atoms with Crippen molar-refractivity contribution in [2.45, 2.75) is 25.8 Å². The predicted octanol–water partition coefficient (Wildman–Crippen LogP) is 2.67. The van der Waals surface area contributed by atoms with Gasteiger partial charge in [0.05, 0.1) is 17.1 Å². The molecule has 0 spiro atoms. The zero-order chi connectivity index (χ0) is 14.7. The average molecular weight is 300 g/mol. The minimum absolute atomic E-state index is 0.138. The fraction of sp³-hybridized carbons (Fsp3) is 0.267. The van der Waals surface area contributed by atoms with Crippen molar-refractivity contribution in [3.8, 4) is 0 Å². The Morgan fingerprint density at radius 2 is 2.05 bits per heavy atom. The highest BCUT2D eigenvalue weighted by Gasteiger charge is 2.13. The van der Waals surface area contributed by atoms with Crippen LogP contribution < -0.4 is 5.73 Å². The van der Waals surface area contributed by atoms with E-state index in [1.165, 1.54) is 0 Å². The highest BCUT2D eigenvalue weighted by Crippen LogP contribution is 2.16. The van der Waals surface area contributed by atoms with Crippen molar-refractivity contribution in [3.05, 3.63) is 63.7 Å². The molecule has 108 valence electrons. The number of aryl methyl sites for hydroxylation is 1. The van der Waals surface area contributed by atoms with Crippen LogP contribution in [0.1, 0.15) is 34.0 Å². The van der Waals surface area contributed by atoms with E-state index < -0.39 is 0 Å². The lowest BCUT2D eigenvalue weighted by atomic mass is 10.1. The third kappa shape index (κ3) is 3.53. The molecular formula is C15H16N4OS. The Labute approximate surface area is 126 Å². The van der Waals surface area contributed by atoms with Gasteiger partial charge >= 0.3 is 0 Å². The number of benzene rings is 1. The van der Waals surface area contributed by atoms with Crippen molar-refractivity contribution >= 4 is 11.3 Å². The van der Waals surface area contributed by atoms with Gasteiger partial charge in [-0.05, 0) is 12.5 Å². The first kappa shape index (κ1) is 13.9. The fourth-order valence-electron chi connectivity index (χ4n) is 2.10. The second-order valence-corrected chi connectivity index (χ2v) is 5.92. The minimum atomic E-state index is -0.138. The van der Waals surface area contributed by atoms with Gasteiger partial charge in [0, 0.05) is 17.8 Å². The van der Waals surface area contributed by atoms with Gasteiger partial charge in [0.1, 0.15) is 0 Å². The summed E-state index contributed by atoms with van der Waals surface area (Å²) >= 11 is 1.62. The van der Waals surface area contributed by atoms with E-state index in [-0.39, 0.29) is 6.04 Å². The maximum Gasteiger partial charge on any atom is 0.228 e. The average Bonchev–Trinajstić information content (AvgIpc) is 3.09. The molecule has 2 N–H and O–H groups in total. The molecule has 0 aliphatic heterocycles. The van der Waals surface area contributed by atoms with Crippen LogP contribution in [-0.4, -0.2) is 15.1 Å². The number of thiazole rings is 1. The van der Waals surface area contributed by atoms with Crippen LogP contribution in [0.4, 0.5) is 0 Å². The van der Waals surface area contributed by atoms with E-state index in [4.69, 9.17) is 10.3 Å². The number of hydrogen-bond acceptors (Lipinski definition) is 6. The topological polar surface area (TPSA) is 77.8 Å². The highest BCUT2D eigenvalue weighted by molar-refractivity contribution is 7.09. The Balaban J connectivity index is 1.65. The summed E-state index contributed by atoms with van der Waals surface area (Å²) in [5.41, 5.74) is 8.19. The van der Waals surface area contributed by atoms with Gasteiger partial charge in [0.2, 0.25) is 5.89 Å². The summed E-state index contributed by atoms with van der Waals surface area (Å²) in [5, 5.41) is 7.05. The van der Waals surface area contributed by atoms with Gasteiger partial charge < -0.3 is 10.3 Å².